The molecule has 0 aromatic heterocycles. The number of benzene rings is 1. The third-order valence-electron chi connectivity index (χ3n) is 1.39. The van der Waals surface area contributed by atoms with Crippen LogP contribution < -0.4 is 0 Å². The van der Waals surface area contributed by atoms with Gasteiger partial charge in [0.15, 0.2) is 0 Å². The van der Waals surface area contributed by atoms with Crippen LogP contribution in [0.25, 0.3) is 0 Å². The lowest BCUT2D eigenvalue weighted by Gasteiger charge is -1.98. The zero-order valence-electron chi connectivity index (χ0n) is 6.78. The van der Waals surface area contributed by atoms with Crippen LogP contribution >= 0.6 is 11.8 Å². The molecule has 0 spiro atoms. The zero-order valence-corrected chi connectivity index (χ0v) is 7.60. The minimum absolute atomic E-state index is 0.355. The van der Waals surface area contributed by atoms with Gasteiger partial charge in [-0.1, -0.05) is 13.0 Å². The molecular weight excluding hydrogens is 172 g/mol. The molecular formula is C9H10O2S. The van der Waals surface area contributed by atoms with Gasteiger partial charge in [0.2, 0.25) is 0 Å². The second-order valence-electron chi connectivity index (χ2n) is 2.27. The van der Waals surface area contributed by atoms with Gasteiger partial charge in [-0.15, -0.1) is 11.8 Å². The summed E-state index contributed by atoms with van der Waals surface area (Å²) in [4.78, 5) is 11.6. The van der Waals surface area contributed by atoms with E-state index in [9.17, 15) is 4.79 Å². The summed E-state index contributed by atoms with van der Waals surface area (Å²) in [5.41, 5.74) is 0.355. The molecule has 3 heteroatoms. The van der Waals surface area contributed by atoms with Crippen molar-refractivity contribution < 1.29 is 9.90 Å². The first-order valence-electron chi connectivity index (χ1n) is 3.70. The summed E-state index contributed by atoms with van der Waals surface area (Å²) in [5, 5.41) is 8.67. The predicted molar refractivity (Wildman–Crippen MR) is 49.8 cm³/mol. The van der Waals surface area contributed by atoms with Crippen LogP contribution in [0.5, 0.6) is 0 Å². The SMILES string of the molecule is CCSc1cccc(C(=O)O)c1. The van der Waals surface area contributed by atoms with Crippen LogP contribution in [0.15, 0.2) is 29.2 Å². The third kappa shape index (κ3) is 2.27. The lowest BCUT2D eigenvalue weighted by Crippen LogP contribution is -1.95. The first-order chi connectivity index (χ1) is 5.74. The van der Waals surface area contributed by atoms with E-state index < -0.39 is 5.97 Å². The quantitative estimate of drug-likeness (QED) is 0.730. The van der Waals surface area contributed by atoms with Crippen molar-refractivity contribution in [3.8, 4) is 0 Å². The van der Waals surface area contributed by atoms with E-state index in [-0.39, 0.29) is 0 Å². The minimum atomic E-state index is -0.867. The second-order valence-corrected chi connectivity index (χ2v) is 3.60. The second kappa shape index (κ2) is 4.16. The van der Waals surface area contributed by atoms with Crippen molar-refractivity contribution in [1.82, 2.24) is 0 Å². The van der Waals surface area contributed by atoms with Crippen LogP contribution in [-0.2, 0) is 0 Å². The van der Waals surface area contributed by atoms with Gasteiger partial charge in [0.25, 0.3) is 0 Å². The Morgan fingerprint density at radius 3 is 2.92 bits per heavy atom. The van der Waals surface area contributed by atoms with Gasteiger partial charge in [-0.05, 0) is 24.0 Å². The highest BCUT2D eigenvalue weighted by molar-refractivity contribution is 7.99. The summed E-state index contributed by atoms with van der Waals surface area (Å²) in [5.74, 6) is 0.0943. The fraction of sp³-hybridized carbons (Fsp3) is 0.222. The van der Waals surface area contributed by atoms with E-state index in [2.05, 4.69) is 0 Å². The van der Waals surface area contributed by atoms with Crippen molar-refractivity contribution in [3.05, 3.63) is 29.8 Å². The lowest BCUT2D eigenvalue weighted by molar-refractivity contribution is 0.0696. The van der Waals surface area contributed by atoms with E-state index in [1.165, 1.54) is 0 Å². The largest absolute Gasteiger partial charge is 0.478 e. The fourth-order valence-electron chi connectivity index (χ4n) is 0.886. The van der Waals surface area contributed by atoms with Gasteiger partial charge in [-0.25, -0.2) is 4.79 Å². The van der Waals surface area contributed by atoms with Crippen molar-refractivity contribution in [2.45, 2.75) is 11.8 Å². The van der Waals surface area contributed by atoms with Crippen molar-refractivity contribution >= 4 is 17.7 Å². The fourth-order valence-corrected chi connectivity index (χ4v) is 1.60. The van der Waals surface area contributed by atoms with E-state index in [1.807, 2.05) is 13.0 Å². The Labute approximate surface area is 75.6 Å². The molecule has 1 N–H and O–H groups in total. The van der Waals surface area contributed by atoms with E-state index >= 15 is 0 Å². The Hall–Kier alpha value is -0.960. The molecule has 12 heavy (non-hydrogen) atoms. The van der Waals surface area contributed by atoms with Crippen LogP contribution in [0.3, 0.4) is 0 Å². The first kappa shape index (κ1) is 9.13. The van der Waals surface area contributed by atoms with Gasteiger partial charge in [0.05, 0.1) is 5.56 Å². The van der Waals surface area contributed by atoms with E-state index in [4.69, 9.17) is 5.11 Å². The van der Waals surface area contributed by atoms with Gasteiger partial charge in [0, 0.05) is 4.90 Å². The molecule has 2 nitrogen and oxygen atoms in total. The maximum Gasteiger partial charge on any atom is 0.335 e. The van der Waals surface area contributed by atoms with Gasteiger partial charge in [0.1, 0.15) is 0 Å². The van der Waals surface area contributed by atoms with Crippen molar-refractivity contribution in [3.63, 3.8) is 0 Å². The molecule has 0 saturated carbocycles. The molecule has 0 saturated heterocycles. The highest BCUT2D eigenvalue weighted by Gasteiger charge is 2.01. The molecule has 0 heterocycles. The summed E-state index contributed by atoms with van der Waals surface area (Å²) in [6.07, 6.45) is 0. The average Bonchev–Trinajstić information content (AvgIpc) is 2.05. The molecule has 64 valence electrons. The molecule has 0 radical (unpaired) electrons. The Balaban J connectivity index is 2.88. The number of hydrogen-bond donors (Lipinski definition) is 1. The molecule has 1 aromatic carbocycles. The van der Waals surface area contributed by atoms with Crippen LogP contribution in [0.1, 0.15) is 17.3 Å². The molecule has 1 aromatic rings. The summed E-state index contributed by atoms with van der Waals surface area (Å²) in [7, 11) is 0. The standard InChI is InChI=1S/C9H10O2S/c1-2-12-8-5-3-4-7(6-8)9(10)11/h3-6H,2H2,1H3,(H,10,11). The number of carbonyl (C=O) groups is 1. The normalized spacial score (nSPS) is 9.75. The summed E-state index contributed by atoms with van der Waals surface area (Å²) < 4.78 is 0. The highest BCUT2D eigenvalue weighted by Crippen LogP contribution is 2.18. The van der Waals surface area contributed by atoms with Gasteiger partial charge >= 0.3 is 5.97 Å². The predicted octanol–water partition coefficient (Wildman–Crippen LogP) is 2.50. The number of carboxylic acids is 1. The topological polar surface area (TPSA) is 37.3 Å². The summed E-state index contributed by atoms with van der Waals surface area (Å²) >= 11 is 1.64. The van der Waals surface area contributed by atoms with Crippen molar-refractivity contribution in [1.29, 1.82) is 0 Å². The molecule has 0 aliphatic heterocycles. The molecule has 0 atom stereocenters. The number of carboxylic acid groups (broad SMARTS) is 1. The Morgan fingerprint density at radius 1 is 1.58 bits per heavy atom. The average molecular weight is 182 g/mol. The molecule has 0 aliphatic carbocycles. The molecule has 0 unspecified atom stereocenters. The van der Waals surface area contributed by atoms with Gasteiger partial charge in [-0.2, -0.15) is 0 Å². The maximum atomic E-state index is 10.5. The van der Waals surface area contributed by atoms with Crippen LogP contribution in [-0.4, -0.2) is 16.8 Å². The maximum absolute atomic E-state index is 10.5. The highest BCUT2D eigenvalue weighted by atomic mass is 32.2. The number of hydrogen-bond acceptors (Lipinski definition) is 2. The number of thioether (sulfide) groups is 1. The third-order valence-corrected chi connectivity index (χ3v) is 2.27. The molecule has 0 fully saturated rings. The van der Waals surface area contributed by atoms with Crippen molar-refractivity contribution in [2.24, 2.45) is 0 Å². The zero-order chi connectivity index (χ0) is 8.97. The smallest absolute Gasteiger partial charge is 0.335 e. The van der Waals surface area contributed by atoms with Crippen LogP contribution in [0.4, 0.5) is 0 Å². The van der Waals surface area contributed by atoms with Gasteiger partial charge < -0.3 is 5.11 Å². The van der Waals surface area contributed by atoms with Gasteiger partial charge in [-0.3, -0.25) is 0 Å². The van der Waals surface area contributed by atoms with E-state index in [0.29, 0.717) is 5.56 Å². The summed E-state index contributed by atoms with van der Waals surface area (Å²) in [6.45, 7) is 2.04. The molecule has 0 amide bonds. The molecule has 0 bridgehead atoms. The summed E-state index contributed by atoms with van der Waals surface area (Å²) in [6, 6.07) is 6.97. The minimum Gasteiger partial charge on any atom is -0.478 e. The van der Waals surface area contributed by atoms with Crippen LogP contribution in [0, 0.1) is 0 Å². The Kier molecular flexibility index (Phi) is 3.17. The van der Waals surface area contributed by atoms with E-state index in [1.54, 1.807) is 30.0 Å². The van der Waals surface area contributed by atoms with E-state index in [0.717, 1.165) is 10.6 Å². The number of rotatable bonds is 3. The first-order valence-corrected chi connectivity index (χ1v) is 4.68. The van der Waals surface area contributed by atoms with Crippen LogP contribution in [0.2, 0.25) is 0 Å². The molecule has 1 rings (SSSR count). The van der Waals surface area contributed by atoms with Crippen molar-refractivity contribution in [2.75, 3.05) is 5.75 Å². The number of aromatic carboxylic acids is 1. The lowest BCUT2D eigenvalue weighted by atomic mass is 10.2. The Bertz CT molecular complexity index is 284. The monoisotopic (exact) mass is 182 g/mol. The molecule has 0 aliphatic rings. The Morgan fingerprint density at radius 2 is 2.33 bits per heavy atom.